The molecule has 10 N–H and O–H groups in total. The highest BCUT2D eigenvalue weighted by atomic mass is 32.7. The van der Waals surface area contributed by atoms with Gasteiger partial charge in [-0.1, -0.05) is 70.8 Å². The zero-order valence-electron chi connectivity index (χ0n) is 75.1. The largest absolute Gasteiger partial charge is 0.780 e. The molecule has 0 bridgehead atoms. The van der Waals surface area contributed by atoms with Crippen LogP contribution in [0.1, 0.15) is 123 Å². The molecule has 0 saturated carbocycles. The first-order valence-electron chi connectivity index (χ1n) is 42.7. The summed E-state index contributed by atoms with van der Waals surface area (Å²) in [6.45, 7) is -30.1. The number of rotatable bonds is 40. The summed E-state index contributed by atoms with van der Waals surface area (Å²) >= 11 is 37.9. The van der Waals surface area contributed by atoms with Gasteiger partial charge < -0.3 is 155 Å². The number of aromatic nitrogens is 18. The van der Waals surface area contributed by atoms with Crippen molar-refractivity contribution in [3.63, 3.8) is 0 Å². The zero-order valence-corrected chi connectivity index (χ0v) is 87.1. The first-order chi connectivity index (χ1) is 67.2. The van der Waals surface area contributed by atoms with Gasteiger partial charge in [-0.15, -0.1) is 0 Å². The van der Waals surface area contributed by atoms with Gasteiger partial charge in [0.2, 0.25) is 0 Å². The fourth-order valence-corrected chi connectivity index (χ4v) is 26.2. The molecule has 16 rings (SSSR count). The second-order valence-corrected chi connectivity index (χ2v) is 52.4. The number of aromatic amines is 4. The third-order valence-corrected chi connectivity index (χ3v) is 34.7. The molecule has 28 atom stereocenters. The van der Waals surface area contributed by atoms with Crippen molar-refractivity contribution in [1.82, 2.24) is 86.8 Å². The first-order valence-corrected chi connectivity index (χ1v) is 60.6. The van der Waals surface area contributed by atoms with E-state index in [0.29, 0.717) is 0 Å². The van der Waals surface area contributed by atoms with Crippen LogP contribution in [0.3, 0.4) is 0 Å². The third-order valence-electron chi connectivity index (χ3n) is 23.6. The van der Waals surface area contributed by atoms with Crippen molar-refractivity contribution in [3.05, 3.63) is 178 Å². The molecule has 7 saturated heterocycles. The van der Waals surface area contributed by atoms with Crippen molar-refractivity contribution >= 4 is 170 Å². The van der Waals surface area contributed by atoms with Gasteiger partial charge >= 0.3 is 28.4 Å². The quantitative estimate of drug-likeness (QED) is 0.0149. The Kier molecular flexibility index (Phi) is 33.5. The van der Waals surface area contributed by atoms with Crippen LogP contribution in [0.5, 0.6) is 0 Å². The third kappa shape index (κ3) is 25.9. The number of nitrogens with two attached hydrogens (primary N) is 3. The topological polar surface area (TPSA) is 769 Å². The van der Waals surface area contributed by atoms with Gasteiger partial charge in [-0.3, -0.25) is 75.6 Å². The lowest BCUT2D eigenvalue weighted by Crippen LogP contribution is -2.34. The fraction of sp³-hybridized carbons (Fsp3) is 0.577. The van der Waals surface area contributed by atoms with Crippen LogP contribution >= 0.6 is 47.1 Å². The lowest BCUT2D eigenvalue weighted by molar-refractivity contribution is -0.222. The molecular formula is C71H87N21O37P7S7-7. The van der Waals surface area contributed by atoms with E-state index in [1.54, 1.807) is 6.92 Å². The summed E-state index contributed by atoms with van der Waals surface area (Å²) in [6.07, 6.45) is -20.1. The van der Waals surface area contributed by atoms with Crippen molar-refractivity contribution < 1.29 is 130 Å². The van der Waals surface area contributed by atoms with Gasteiger partial charge in [0.25, 0.3) is 22.2 Å². The summed E-state index contributed by atoms with van der Waals surface area (Å²) in [7, 11) is 1.01. The van der Waals surface area contributed by atoms with Crippen LogP contribution in [0, 0.1) is 34.6 Å². The van der Waals surface area contributed by atoms with Gasteiger partial charge in [-0.05, 0) is 41.5 Å². The molecule has 16 heterocycles. The van der Waals surface area contributed by atoms with Crippen molar-refractivity contribution in [2.24, 2.45) is 0 Å². The summed E-state index contributed by atoms with van der Waals surface area (Å²) in [5.41, 5.74) is 12.0. The van der Waals surface area contributed by atoms with E-state index >= 15 is 0 Å². The Morgan fingerprint density at radius 2 is 0.622 bits per heavy atom. The van der Waals surface area contributed by atoms with Crippen LogP contribution < -0.4 is 97.2 Å². The number of fused-ring (bicyclic) bond motifs is 2. The number of hydrogen-bond acceptors (Lipinski definition) is 54. The van der Waals surface area contributed by atoms with Gasteiger partial charge in [-0.2, -0.15) is 4.98 Å². The molecule has 0 radical (unpaired) electrons. The number of H-pyrrole nitrogens is 4. The van der Waals surface area contributed by atoms with Crippen molar-refractivity contribution in [3.8, 4) is 0 Å². The van der Waals surface area contributed by atoms with E-state index in [4.69, 9.17) is 197 Å². The summed E-state index contributed by atoms with van der Waals surface area (Å²) in [6, 6.07) is 0. The van der Waals surface area contributed by atoms with E-state index in [1.807, 2.05) is 0 Å². The molecule has 143 heavy (non-hydrogen) atoms. The maximum absolute atomic E-state index is 15.0. The summed E-state index contributed by atoms with van der Waals surface area (Å²) < 4.78 is 148. The van der Waals surface area contributed by atoms with E-state index < -0.39 is 286 Å². The monoisotopic (exact) mass is 2270 g/mol. The Hall–Kier alpha value is -6.50. The maximum atomic E-state index is 15.0. The average molecular weight is 2270 g/mol. The molecular weight excluding hydrogens is 2180 g/mol. The molecule has 7 fully saturated rings. The van der Waals surface area contributed by atoms with Gasteiger partial charge in [0.15, 0.2) is 29.7 Å². The van der Waals surface area contributed by atoms with Crippen LogP contribution in [-0.4, -0.2) is 219 Å². The Labute approximate surface area is 839 Å². The number of nitrogen functional groups attached to an aromatic ring is 3. The maximum Gasteiger partial charge on any atom is 0.351 e. The van der Waals surface area contributed by atoms with E-state index in [9.17, 15) is 77.1 Å². The number of ether oxygens (including phenoxy) is 7. The molecule has 14 unspecified atom stereocenters. The highest BCUT2D eigenvalue weighted by Crippen LogP contribution is 2.57. The molecule has 58 nitrogen and oxygen atoms in total. The second kappa shape index (κ2) is 43.8. The average Bonchev–Trinajstić information content (AvgIpc) is 1.46. The van der Waals surface area contributed by atoms with Gasteiger partial charge in [0, 0.05) is 111 Å². The van der Waals surface area contributed by atoms with E-state index in [-0.39, 0.29) is 93.3 Å². The number of nitrogens with zero attached hydrogens (tertiary/aromatic N) is 14. The highest BCUT2D eigenvalue weighted by Gasteiger charge is 2.49. The molecule has 7 aliphatic heterocycles. The molecule has 72 heteroatoms. The summed E-state index contributed by atoms with van der Waals surface area (Å²) in [5, 5.41) is 0. The Morgan fingerprint density at radius 3 is 0.937 bits per heavy atom. The van der Waals surface area contributed by atoms with Crippen molar-refractivity contribution in [2.45, 2.75) is 216 Å². The van der Waals surface area contributed by atoms with Crippen LogP contribution in [0.2, 0.25) is 0 Å². The van der Waals surface area contributed by atoms with Crippen LogP contribution in [-0.2, 0) is 184 Å². The normalized spacial score (nSPS) is 29.8. The van der Waals surface area contributed by atoms with Crippen LogP contribution in [0.4, 0.5) is 17.5 Å². The van der Waals surface area contributed by atoms with Gasteiger partial charge in [-0.25, -0.2) is 53.9 Å². The Bertz CT molecular complexity index is 7300. The summed E-state index contributed by atoms with van der Waals surface area (Å²) in [5.74, 6) is -0.185. The molecule has 0 aromatic carbocycles. The van der Waals surface area contributed by atoms with Gasteiger partial charge in [0.1, 0.15) is 150 Å². The first kappa shape index (κ1) is 109. The Morgan fingerprint density at radius 1 is 0.364 bits per heavy atom. The molecule has 9 aromatic heterocycles. The SMILES string of the molecule is COP([O-])(=S)OC1C[C@H](n2cc(C)c(=O)[nH]c2=O)O[C@@H]1COP([O-])(=S)OC1C[C@H](n2cc(C)c(=O)[nH]c2=O)O[C@@H]1COP([O-])(=S)OC1C[C@H](n2cc(C)c(=O)[nH]c2=O)O[C@@H]1COP([O-])(=S)OC1C[C@H](n2cc(C)c(N)nc2=O)O[C@@H]1COP(=O)([S-])OC1C[C@H](n2cnc3c(N)ncnc32)O[C@@H]1COP([O-])(=S)OC1C[C@H](n2cnc3c(N)ncnc32)O[C@@H]1COP([O-])(=S)OC1C[C@H](n2cc(C)c(=O)[nH]c2=O)O[C@@H]1C. The lowest BCUT2D eigenvalue weighted by atomic mass is 10.2. The lowest BCUT2D eigenvalue weighted by Gasteiger charge is -2.36. The summed E-state index contributed by atoms with van der Waals surface area (Å²) in [4.78, 5) is 240. The number of hydrogen-bond donors (Lipinski definition) is 7. The van der Waals surface area contributed by atoms with Crippen molar-refractivity contribution in [1.29, 1.82) is 0 Å². The molecule has 7 aliphatic rings. The molecule has 0 aliphatic carbocycles. The molecule has 0 amide bonds. The van der Waals surface area contributed by atoms with Crippen molar-refractivity contribution in [2.75, 3.05) is 64.0 Å². The smallest absolute Gasteiger partial charge is 0.351 e. The van der Waals surface area contributed by atoms with Crippen LogP contribution in [0.25, 0.3) is 22.3 Å². The number of nitrogens with one attached hydrogen (secondary N) is 4. The minimum atomic E-state index is -5.06. The van der Waals surface area contributed by atoms with E-state index in [2.05, 4.69) is 54.8 Å². The molecule has 0 spiro atoms. The number of aryl methyl sites for hydroxylation is 5. The molecule has 9 aromatic rings. The highest BCUT2D eigenvalue weighted by molar-refractivity contribution is 8.32. The zero-order chi connectivity index (χ0) is 103. The number of imidazole rings is 2. The molecule has 782 valence electrons. The number of anilines is 3. The van der Waals surface area contributed by atoms with Crippen LogP contribution in [0.15, 0.2) is 99.4 Å². The van der Waals surface area contributed by atoms with Gasteiger partial charge in [0.05, 0.1) is 101 Å². The van der Waals surface area contributed by atoms with E-state index in [0.717, 1.165) is 48.7 Å². The van der Waals surface area contributed by atoms with E-state index in [1.165, 1.54) is 81.3 Å². The predicted octanol–water partition coefficient (Wildman–Crippen LogP) is -2.95. The standard InChI is InChI=1S/C71H94N21O37P7S7/c1-30-15-86(67(97)81-58(30)72)50-10-38(125-133(105,140)112-22-46-40(12-53(120-46)90-19-34(5)66(96)85-71(90)101)127-134(106,141)113-23-45-39(11-52(119-45)89-18-33(4)65(95)84-70(89)100)126-132(104,139)111-20-43-37(124-130(102,137)109-7)9-51(117-43)88-17-32(3)64(94)83-69(88)99)44(118-50)21-114-135(107,142)129-42-14-55(92-29-80-57-60(74)76-27-78-62(57)92)122-48(42)25-115-136(108,143)128-41-13-54(91-28-79-56-59(73)75-26-77-61(56)91)121-47(41)24-110-131(103,138)123-36-8-49(116-35(36)6)87-16-31(2)63(93)82-68(87)98/h15-19,26-29,35-55H,8-14,20-25H2,1-7H3,(H,102,137)(H,103,138)(H,104,139)(H,105,140)(H,106,141)(H,107,142)(H,108,143)(H2,72,81,97)(H2,73,75,77)(H2,74,76,78)(H,82,93,98)(H,83,94,99)(H,84,95,100)(H,85,96,101)/p-7/t35-,36?,37?,38?,39?,40?,41?,42?,43-,44-,45-,46-,47-,48-,49-,50-,51-,52-,53-,54-,55-,130?,131?,132?,133?,134?,135?,136?/m1/s1. The fourth-order valence-electron chi connectivity index (χ4n) is 16.4. The minimum absolute atomic E-state index is 0.00268. The minimum Gasteiger partial charge on any atom is -0.780 e. The Balaban J connectivity index is 0.606. The predicted molar refractivity (Wildman–Crippen MR) is 504 cm³/mol. The second-order valence-electron chi connectivity index (χ2n) is 33.4.